The predicted octanol–water partition coefficient (Wildman–Crippen LogP) is 2.59. The Labute approximate surface area is 205 Å². The summed E-state index contributed by atoms with van der Waals surface area (Å²) < 4.78 is 6.67. The molecule has 1 spiro atoms. The molecule has 2 unspecified atom stereocenters. The van der Waals surface area contributed by atoms with Gasteiger partial charge in [-0.2, -0.15) is 0 Å². The Morgan fingerprint density at radius 1 is 1.24 bits per heavy atom. The standard InChI is InChI=1S/C25H34ClN3O5/c1-5-14(3)17(13-30)29-20(22(32)28-16-9-7-15(26)8-10-16)25-12-11-24(6-2,34-25)18(21(31)27-4)19(25)23(29)33/h7-10,14,17-20,30H,5-6,11-13H2,1-4H3,(H,27,31)(H,28,32)/t14-,17-,18-,19-,20?,24+,25?/m0/s1. The molecule has 3 aliphatic heterocycles. The molecule has 3 saturated heterocycles. The average Bonchev–Trinajstić information content (AvgIpc) is 3.44. The molecule has 7 atom stereocenters. The molecule has 0 aliphatic carbocycles. The SMILES string of the molecule is CC[C@H](C)[C@H](CO)N1C(=O)[C@@H]2[C@@H](C(=O)NC)[C@@]3(CC)CCC2(O3)C1C(=O)Nc1ccc(Cl)cc1. The summed E-state index contributed by atoms with van der Waals surface area (Å²) in [5.74, 6) is -2.44. The maximum atomic E-state index is 14.1. The summed E-state index contributed by atoms with van der Waals surface area (Å²) in [6.45, 7) is 5.61. The van der Waals surface area contributed by atoms with Gasteiger partial charge in [0, 0.05) is 17.8 Å². The van der Waals surface area contributed by atoms with Gasteiger partial charge in [0.15, 0.2) is 0 Å². The summed E-state index contributed by atoms with van der Waals surface area (Å²) >= 11 is 5.99. The van der Waals surface area contributed by atoms with Crippen LogP contribution in [0.2, 0.25) is 5.02 Å². The van der Waals surface area contributed by atoms with E-state index in [9.17, 15) is 19.5 Å². The molecule has 3 heterocycles. The summed E-state index contributed by atoms with van der Waals surface area (Å²) in [4.78, 5) is 42.5. The first-order valence-electron chi connectivity index (χ1n) is 12.1. The van der Waals surface area contributed by atoms with Gasteiger partial charge in [-0.25, -0.2) is 0 Å². The van der Waals surface area contributed by atoms with Gasteiger partial charge in [-0.15, -0.1) is 0 Å². The molecule has 34 heavy (non-hydrogen) atoms. The lowest BCUT2D eigenvalue weighted by atomic mass is 9.65. The van der Waals surface area contributed by atoms with Crippen molar-refractivity contribution in [2.75, 3.05) is 19.0 Å². The van der Waals surface area contributed by atoms with Crippen molar-refractivity contribution in [2.45, 2.75) is 69.7 Å². The topological polar surface area (TPSA) is 108 Å². The molecule has 8 nitrogen and oxygen atoms in total. The van der Waals surface area contributed by atoms with Crippen LogP contribution < -0.4 is 10.6 Å². The van der Waals surface area contributed by atoms with Crippen LogP contribution in [0.5, 0.6) is 0 Å². The number of carbonyl (C=O) groups excluding carboxylic acids is 3. The highest BCUT2D eigenvalue weighted by molar-refractivity contribution is 6.30. The van der Waals surface area contributed by atoms with E-state index < -0.39 is 35.1 Å². The van der Waals surface area contributed by atoms with Crippen molar-refractivity contribution in [1.29, 1.82) is 0 Å². The van der Waals surface area contributed by atoms with Crippen molar-refractivity contribution in [1.82, 2.24) is 10.2 Å². The fraction of sp³-hybridized carbons (Fsp3) is 0.640. The number of carbonyl (C=O) groups is 3. The third kappa shape index (κ3) is 3.53. The van der Waals surface area contributed by atoms with Crippen LogP contribution in [0.1, 0.15) is 46.5 Å². The van der Waals surface area contributed by atoms with Crippen molar-refractivity contribution < 1.29 is 24.2 Å². The number of anilines is 1. The molecule has 1 aromatic carbocycles. The monoisotopic (exact) mass is 491 g/mol. The molecular formula is C25H34ClN3O5. The smallest absolute Gasteiger partial charge is 0.250 e. The molecule has 3 amide bonds. The first-order valence-corrected chi connectivity index (χ1v) is 12.5. The zero-order valence-electron chi connectivity index (χ0n) is 20.1. The zero-order chi connectivity index (χ0) is 24.8. The molecule has 9 heteroatoms. The first kappa shape index (κ1) is 24.9. The molecule has 0 saturated carbocycles. The minimum atomic E-state index is -1.12. The van der Waals surface area contributed by atoms with E-state index in [1.165, 1.54) is 4.90 Å². The second-order valence-electron chi connectivity index (χ2n) is 9.82. The van der Waals surface area contributed by atoms with Crippen LogP contribution in [-0.2, 0) is 19.1 Å². The molecule has 3 aliphatic rings. The van der Waals surface area contributed by atoms with Crippen LogP contribution in [0.25, 0.3) is 0 Å². The second kappa shape index (κ2) is 9.13. The van der Waals surface area contributed by atoms with E-state index in [4.69, 9.17) is 16.3 Å². The molecule has 0 aromatic heterocycles. The lowest BCUT2D eigenvalue weighted by Gasteiger charge is -2.39. The van der Waals surface area contributed by atoms with Crippen LogP contribution in [-0.4, -0.2) is 64.7 Å². The summed E-state index contributed by atoms with van der Waals surface area (Å²) in [6, 6.07) is 5.22. The van der Waals surface area contributed by atoms with Crippen LogP contribution in [0.3, 0.4) is 0 Å². The number of ether oxygens (including phenoxy) is 1. The van der Waals surface area contributed by atoms with Crippen molar-refractivity contribution in [3.8, 4) is 0 Å². The Kier molecular flexibility index (Phi) is 6.70. The third-order valence-electron chi connectivity index (χ3n) is 8.35. The molecule has 4 rings (SSSR count). The van der Waals surface area contributed by atoms with Crippen LogP contribution in [0.4, 0.5) is 5.69 Å². The highest BCUT2D eigenvalue weighted by Crippen LogP contribution is 2.64. The maximum Gasteiger partial charge on any atom is 0.250 e. The third-order valence-corrected chi connectivity index (χ3v) is 8.60. The van der Waals surface area contributed by atoms with Gasteiger partial charge in [-0.05, 0) is 49.4 Å². The van der Waals surface area contributed by atoms with E-state index in [1.54, 1.807) is 31.3 Å². The van der Waals surface area contributed by atoms with Gasteiger partial charge < -0.3 is 25.4 Å². The molecule has 2 bridgehead atoms. The summed E-state index contributed by atoms with van der Waals surface area (Å²) in [6.07, 6.45) is 2.38. The van der Waals surface area contributed by atoms with Crippen molar-refractivity contribution >= 4 is 35.0 Å². The van der Waals surface area contributed by atoms with Crippen molar-refractivity contribution in [3.63, 3.8) is 0 Å². The average molecular weight is 492 g/mol. The normalized spacial score (nSPS) is 33.5. The fourth-order valence-corrected chi connectivity index (χ4v) is 6.55. The lowest BCUT2D eigenvalue weighted by molar-refractivity contribution is -0.150. The van der Waals surface area contributed by atoms with Gasteiger partial charge in [-0.3, -0.25) is 14.4 Å². The van der Waals surface area contributed by atoms with Crippen LogP contribution >= 0.6 is 11.6 Å². The highest BCUT2D eigenvalue weighted by Gasteiger charge is 2.79. The number of likely N-dealkylation sites (tertiary alicyclic amines) is 1. The Bertz CT molecular complexity index is 972. The molecule has 3 N–H and O–H groups in total. The van der Waals surface area contributed by atoms with Crippen LogP contribution in [0, 0.1) is 17.8 Å². The van der Waals surface area contributed by atoms with Gasteiger partial charge in [0.2, 0.25) is 17.7 Å². The fourth-order valence-electron chi connectivity index (χ4n) is 6.42. The number of aliphatic hydroxyl groups is 1. The summed E-state index contributed by atoms with van der Waals surface area (Å²) in [5, 5.41) is 16.5. The van der Waals surface area contributed by atoms with Crippen LogP contribution in [0.15, 0.2) is 24.3 Å². The minimum Gasteiger partial charge on any atom is -0.394 e. The quantitative estimate of drug-likeness (QED) is 0.518. The zero-order valence-corrected chi connectivity index (χ0v) is 20.9. The van der Waals surface area contributed by atoms with E-state index in [0.717, 1.165) is 6.42 Å². The van der Waals surface area contributed by atoms with Gasteiger partial charge >= 0.3 is 0 Å². The van der Waals surface area contributed by atoms with Gasteiger partial charge in [-0.1, -0.05) is 38.8 Å². The first-order chi connectivity index (χ1) is 16.2. The number of rotatable bonds is 8. The van der Waals surface area contributed by atoms with Gasteiger partial charge in [0.05, 0.1) is 30.1 Å². The molecular weight excluding hydrogens is 458 g/mol. The van der Waals surface area contributed by atoms with Gasteiger partial charge in [0.1, 0.15) is 11.6 Å². The van der Waals surface area contributed by atoms with E-state index in [2.05, 4.69) is 10.6 Å². The Balaban J connectivity index is 1.81. The van der Waals surface area contributed by atoms with E-state index in [0.29, 0.717) is 30.0 Å². The van der Waals surface area contributed by atoms with E-state index >= 15 is 0 Å². The Hall–Kier alpha value is -2.16. The number of benzene rings is 1. The summed E-state index contributed by atoms with van der Waals surface area (Å²) in [7, 11) is 1.56. The van der Waals surface area contributed by atoms with E-state index in [1.807, 2.05) is 20.8 Å². The minimum absolute atomic E-state index is 0.0502. The number of amides is 3. The number of nitrogens with one attached hydrogen (secondary N) is 2. The molecule has 186 valence electrons. The largest absolute Gasteiger partial charge is 0.394 e. The Morgan fingerprint density at radius 2 is 1.91 bits per heavy atom. The highest BCUT2D eigenvalue weighted by atomic mass is 35.5. The second-order valence-corrected chi connectivity index (χ2v) is 10.3. The number of fused-ring (bicyclic) bond motifs is 1. The number of halogens is 1. The van der Waals surface area contributed by atoms with Crippen molar-refractivity contribution in [3.05, 3.63) is 29.3 Å². The summed E-state index contributed by atoms with van der Waals surface area (Å²) in [5.41, 5.74) is -1.36. The number of hydrogen-bond acceptors (Lipinski definition) is 5. The lowest BCUT2D eigenvalue weighted by Crippen LogP contribution is -2.57. The maximum absolute atomic E-state index is 14.1. The van der Waals surface area contributed by atoms with E-state index in [-0.39, 0.29) is 30.2 Å². The number of hydrogen-bond donors (Lipinski definition) is 3. The predicted molar refractivity (Wildman–Crippen MR) is 128 cm³/mol. The van der Waals surface area contributed by atoms with Crippen molar-refractivity contribution in [2.24, 2.45) is 17.8 Å². The van der Waals surface area contributed by atoms with Gasteiger partial charge in [0.25, 0.3) is 0 Å². The number of aliphatic hydroxyl groups excluding tert-OH is 1. The molecule has 0 radical (unpaired) electrons. The number of nitrogens with zero attached hydrogens (tertiary/aromatic N) is 1. The molecule has 1 aromatic rings. The Morgan fingerprint density at radius 3 is 2.47 bits per heavy atom. The molecule has 3 fully saturated rings.